The largest absolute Gasteiger partial charge is 0.347 e. The number of carbonyl (C=O) groups is 1. The second kappa shape index (κ2) is 8.87. The van der Waals surface area contributed by atoms with Crippen molar-refractivity contribution in [2.45, 2.75) is 32.6 Å². The minimum atomic E-state index is -0.429. The number of nitro groups is 1. The highest BCUT2D eigenvalue weighted by Crippen LogP contribution is 2.25. The summed E-state index contributed by atoms with van der Waals surface area (Å²) >= 11 is 0. The van der Waals surface area contributed by atoms with Crippen LogP contribution in [0.4, 0.5) is 11.5 Å². The molecule has 7 nitrogen and oxygen atoms in total. The van der Waals surface area contributed by atoms with E-state index in [9.17, 15) is 14.9 Å². The first-order chi connectivity index (χ1) is 11.6. The van der Waals surface area contributed by atoms with Gasteiger partial charge in [0.2, 0.25) is 5.82 Å². The number of carbonyl (C=O) groups excluding carboxylic acids is 1. The fourth-order valence-corrected chi connectivity index (χ4v) is 2.58. The summed E-state index contributed by atoms with van der Waals surface area (Å²) in [6.07, 6.45) is 5.58. The molecule has 0 saturated carbocycles. The van der Waals surface area contributed by atoms with Gasteiger partial charge in [-0.25, -0.2) is 4.98 Å². The molecule has 0 spiro atoms. The molecule has 24 heavy (non-hydrogen) atoms. The van der Waals surface area contributed by atoms with Gasteiger partial charge in [-0.05, 0) is 18.4 Å². The van der Waals surface area contributed by atoms with Crippen LogP contribution in [0.5, 0.6) is 0 Å². The summed E-state index contributed by atoms with van der Waals surface area (Å²) in [5, 5.41) is 11.1. The SMILES string of the molecule is CCCCCC#CC(=O)N1CCN(c2ncccc2[N+](=O)[O-])CC1. The van der Waals surface area contributed by atoms with Gasteiger partial charge in [0.15, 0.2) is 0 Å². The highest BCUT2D eigenvalue weighted by molar-refractivity contribution is 5.93. The zero-order valence-corrected chi connectivity index (χ0v) is 13.9. The van der Waals surface area contributed by atoms with E-state index in [1.165, 1.54) is 6.07 Å². The molecule has 0 radical (unpaired) electrons. The Morgan fingerprint density at radius 1 is 1.33 bits per heavy atom. The second-order valence-electron chi connectivity index (χ2n) is 5.64. The van der Waals surface area contributed by atoms with Crippen LogP contribution >= 0.6 is 0 Å². The summed E-state index contributed by atoms with van der Waals surface area (Å²) in [4.78, 5) is 30.4. The van der Waals surface area contributed by atoms with Gasteiger partial charge >= 0.3 is 5.69 Å². The van der Waals surface area contributed by atoms with Crippen molar-refractivity contribution in [1.29, 1.82) is 0 Å². The van der Waals surface area contributed by atoms with Gasteiger partial charge in [-0.15, -0.1) is 0 Å². The molecule has 128 valence electrons. The van der Waals surface area contributed by atoms with Crippen LogP contribution in [0.1, 0.15) is 32.6 Å². The average Bonchev–Trinajstić information content (AvgIpc) is 2.61. The Morgan fingerprint density at radius 3 is 2.75 bits per heavy atom. The number of rotatable bonds is 5. The fraction of sp³-hybridized carbons (Fsp3) is 0.529. The zero-order chi connectivity index (χ0) is 17.4. The molecule has 1 aliphatic rings. The number of nitrogens with zero attached hydrogens (tertiary/aromatic N) is 4. The maximum atomic E-state index is 12.1. The van der Waals surface area contributed by atoms with Gasteiger partial charge in [-0.3, -0.25) is 14.9 Å². The third-order valence-corrected chi connectivity index (χ3v) is 3.93. The van der Waals surface area contributed by atoms with Gasteiger partial charge in [0.25, 0.3) is 5.91 Å². The Morgan fingerprint density at radius 2 is 2.08 bits per heavy atom. The lowest BCUT2D eigenvalue weighted by Crippen LogP contribution is -2.48. The first-order valence-corrected chi connectivity index (χ1v) is 8.25. The first kappa shape index (κ1) is 17.7. The lowest BCUT2D eigenvalue weighted by atomic mass is 10.2. The maximum Gasteiger partial charge on any atom is 0.311 e. The van der Waals surface area contributed by atoms with Crippen LogP contribution in [0.2, 0.25) is 0 Å². The van der Waals surface area contributed by atoms with Crippen LogP contribution in [-0.4, -0.2) is 46.9 Å². The molecule has 0 aliphatic carbocycles. The molecule has 1 fully saturated rings. The molecule has 0 bridgehead atoms. The van der Waals surface area contributed by atoms with Gasteiger partial charge in [-0.1, -0.05) is 25.7 Å². The van der Waals surface area contributed by atoms with Crippen molar-refractivity contribution in [2.75, 3.05) is 31.1 Å². The molecule has 1 aliphatic heterocycles. The number of aromatic nitrogens is 1. The van der Waals surface area contributed by atoms with Crippen molar-refractivity contribution < 1.29 is 9.72 Å². The summed E-state index contributed by atoms with van der Waals surface area (Å²) in [5.41, 5.74) is -0.00649. The summed E-state index contributed by atoms with van der Waals surface area (Å²) in [6.45, 7) is 4.15. The minimum Gasteiger partial charge on any atom is -0.347 e. The van der Waals surface area contributed by atoms with Crippen LogP contribution in [0.3, 0.4) is 0 Å². The second-order valence-corrected chi connectivity index (χ2v) is 5.64. The molecule has 2 heterocycles. The summed E-state index contributed by atoms with van der Waals surface area (Å²) in [5.74, 6) is 5.81. The predicted octanol–water partition coefficient (Wildman–Crippen LogP) is 2.22. The highest BCUT2D eigenvalue weighted by Gasteiger charge is 2.25. The Labute approximate surface area is 141 Å². The third kappa shape index (κ3) is 4.69. The van der Waals surface area contributed by atoms with E-state index in [1.807, 2.05) is 4.90 Å². The quantitative estimate of drug-likeness (QED) is 0.358. The maximum absolute atomic E-state index is 12.1. The van der Waals surface area contributed by atoms with Gasteiger partial charge in [0, 0.05) is 44.9 Å². The number of anilines is 1. The van der Waals surface area contributed by atoms with Crippen LogP contribution < -0.4 is 4.90 Å². The molecular weight excluding hydrogens is 308 g/mol. The van der Waals surface area contributed by atoms with Crippen molar-refractivity contribution in [1.82, 2.24) is 9.88 Å². The van der Waals surface area contributed by atoms with Crippen molar-refractivity contribution in [3.8, 4) is 11.8 Å². The molecule has 1 aromatic heterocycles. The van der Waals surface area contributed by atoms with Gasteiger partial charge in [0.1, 0.15) is 0 Å². The summed E-state index contributed by atoms with van der Waals surface area (Å²) < 4.78 is 0. The van der Waals surface area contributed by atoms with E-state index in [-0.39, 0.29) is 11.6 Å². The Kier molecular flexibility index (Phi) is 6.55. The molecule has 1 aromatic rings. The number of piperazine rings is 1. The monoisotopic (exact) mass is 330 g/mol. The Hall–Kier alpha value is -2.62. The minimum absolute atomic E-state index is 0.00649. The predicted molar refractivity (Wildman–Crippen MR) is 91.6 cm³/mol. The Balaban J connectivity index is 1.90. The van der Waals surface area contributed by atoms with Gasteiger partial charge in [-0.2, -0.15) is 0 Å². The van der Waals surface area contributed by atoms with E-state index in [1.54, 1.807) is 17.2 Å². The van der Waals surface area contributed by atoms with Gasteiger partial charge in [0.05, 0.1) is 4.92 Å². The van der Waals surface area contributed by atoms with Crippen LogP contribution in [-0.2, 0) is 4.79 Å². The van der Waals surface area contributed by atoms with E-state index in [2.05, 4.69) is 23.7 Å². The van der Waals surface area contributed by atoms with E-state index in [0.29, 0.717) is 32.0 Å². The molecule has 2 rings (SSSR count). The smallest absolute Gasteiger partial charge is 0.311 e. The molecule has 0 N–H and O–H groups in total. The Bertz CT molecular complexity index is 643. The molecule has 0 atom stereocenters. The zero-order valence-electron chi connectivity index (χ0n) is 13.9. The number of pyridine rings is 1. The standard InChI is InChI=1S/C17H22N4O3/c1-2-3-4-5-6-9-16(22)19-11-13-20(14-12-19)17-15(21(23)24)8-7-10-18-17/h7-8,10H,2-5,11-14H2,1H3. The van der Waals surface area contributed by atoms with Crippen LogP contribution in [0.15, 0.2) is 18.3 Å². The van der Waals surface area contributed by atoms with Gasteiger partial charge < -0.3 is 9.80 Å². The van der Waals surface area contributed by atoms with Crippen LogP contribution in [0.25, 0.3) is 0 Å². The van der Waals surface area contributed by atoms with Crippen molar-refractivity contribution >= 4 is 17.4 Å². The summed E-state index contributed by atoms with van der Waals surface area (Å²) in [6, 6.07) is 3.00. The van der Waals surface area contributed by atoms with Crippen LogP contribution in [0, 0.1) is 22.0 Å². The van der Waals surface area contributed by atoms with Crippen molar-refractivity contribution in [3.05, 3.63) is 28.4 Å². The first-order valence-electron chi connectivity index (χ1n) is 8.25. The van der Waals surface area contributed by atoms with E-state index >= 15 is 0 Å². The lowest BCUT2D eigenvalue weighted by Gasteiger charge is -2.34. The van der Waals surface area contributed by atoms with E-state index in [4.69, 9.17) is 0 Å². The third-order valence-electron chi connectivity index (χ3n) is 3.93. The molecule has 7 heteroatoms. The number of amides is 1. The molecular formula is C17H22N4O3. The summed E-state index contributed by atoms with van der Waals surface area (Å²) in [7, 11) is 0. The number of hydrogen-bond acceptors (Lipinski definition) is 5. The highest BCUT2D eigenvalue weighted by atomic mass is 16.6. The topological polar surface area (TPSA) is 79.6 Å². The lowest BCUT2D eigenvalue weighted by molar-refractivity contribution is -0.384. The fourth-order valence-electron chi connectivity index (χ4n) is 2.58. The molecule has 1 saturated heterocycles. The van der Waals surface area contributed by atoms with Crippen molar-refractivity contribution in [3.63, 3.8) is 0 Å². The number of hydrogen-bond donors (Lipinski definition) is 0. The van der Waals surface area contributed by atoms with Crippen molar-refractivity contribution in [2.24, 2.45) is 0 Å². The molecule has 1 amide bonds. The molecule has 0 unspecified atom stereocenters. The normalized spacial score (nSPS) is 14.0. The van der Waals surface area contributed by atoms with E-state index < -0.39 is 4.92 Å². The average molecular weight is 330 g/mol. The van der Waals surface area contributed by atoms with E-state index in [0.717, 1.165) is 25.7 Å². The molecule has 0 aromatic carbocycles. The number of unbranched alkanes of at least 4 members (excludes halogenated alkanes) is 3.